The van der Waals surface area contributed by atoms with Crippen LogP contribution in [-0.2, 0) is 14.3 Å². The lowest BCUT2D eigenvalue weighted by Crippen LogP contribution is -2.30. The molecule has 0 aromatic carbocycles. The maximum Gasteiger partial charge on any atom is 0.309 e. The van der Waals surface area contributed by atoms with Gasteiger partial charge in [0.25, 0.3) is 0 Å². The monoisotopic (exact) mass is 394 g/mol. The number of carbonyl (C=O) groups is 1. The molecule has 3 nitrogen and oxygen atoms in total. The average Bonchev–Trinajstić information content (AvgIpc) is 2.81. The Balaban J connectivity index is 1.82. The molecule has 0 saturated heterocycles. The molecular formula is C16H27IO3. The second kappa shape index (κ2) is 7.97. The van der Waals surface area contributed by atoms with Crippen LogP contribution in [0.4, 0.5) is 0 Å². The van der Waals surface area contributed by atoms with E-state index in [4.69, 9.17) is 9.47 Å². The topological polar surface area (TPSA) is 35.5 Å². The fourth-order valence-corrected chi connectivity index (χ4v) is 4.60. The highest BCUT2D eigenvalue weighted by molar-refractivity contribution is 14.1. The molecule has 0 aromatic rings. The van der Waals surface area contributed by atoms with Gasteiger partial charge in [0.2, 0.25) is 0 Å². The highest BCUT2D eigenvalue weighted by atomic mass is 127. The molecular weight excluding hydrogens is 367 g/mol. The molecule has 0 bridgehead atoms. The lowest BCUT2D eigenvalue weighted by atomic mass is 9.85. The van der Waals surface area contributed by atoms with Gasteiger partial charge in [-0.1, -0.05) is 48.8 Å². The van der Waals surface area contributed by atoms with Gasteiger partial charge in [0, 0.05) is 3.92 Å². The Morgan fingerprint density at radius 2 is 2.00 bits per heavy atom. The third kappa shape index (κ3) is 4.33. The van der Waals surface area contributed by atoms with E-state index in [1.165, 1.54) is 32.1 Å². The second-order valence-electron chi connectivity index (χ2n) is 6.17. The van der Waals surface area contributed by atoms with E-state index in [1.807, 2.05) is 6.92 Å². The van der Waals surface area contributed by atoms with Crippen molar-refractivity contribution in [2.24, 2.45) is 11.8 Å². The molecule has 20 heavy (non-hydrogen) atoms. The summed E-state index contributed by atoms with van der Waals surface area (Å²) in [5.74, 6) is 0.853. The fraction of sp³-hybridized carbons (Fsp3) is 0.938. The predicted octanol–water partition coefficient (Wildman–Crippen LogP) is 4.12. The van der Waals surface area contributed by atoms with Crippen molar-refractivity contribution in [2.45, 2.75) is 74.9 Å². The van der Waals surface area contributed by atoms with E-state index >= 15 is 0 Å². The molecule has 2 saturated carbocycles. The maximum absolute atomic E-state index is 11.8. The number of ether oxygens (including phenoxy) is 2. The minimum Gasteiger partial charge on any atom is -0.466 e. The quantitative estimate of drug-likeness (QED) is 0.400. The number of alkyl halides is 1. The van der Waals surface area contributed by atoms with E-state index in [2.05, 4.69) is 29.5 Å². The number of carbonyl (C=O) groups excluding carboxylic acids is 1. The Kier molecular flexibility index (Phi) is 6.59. The van der Waals surface area contributed by atoms with Crippen molar-refractivity contribution in [3.8, 4) is 0 Å². The van der Waals surface area contributed by atoms with Gasteiger partial charge in [-0.25, -0.2) is 0 Å². The molecule has 2 rings (SSSR count). The first-order chi connectivity index (χ1) is 9.63. The molecule has 0 aromatic heterocycles. The SMILES string of the molecule is CCOC(=O)C1CC(I)C(OC2CCCC(CC)C2)C1. The van der Waals surface area contributed by atoms with Crippen LogP contribution in [0.2, 0.25) is 0 Å². The van der Waals surface area contributed by atoms with Crippen molar-refractivity contribution in [3.63, 3.8) is 0 Å². The summed E-state index contributed by atoms with van der Waals surface area (Å²) >= 11 is 2.45. The number of hydrogen-bond donors (Lipinski definition) is 0. The molecule has 116 valence electrons. The van der Waals surface area contributed by atoms with Gasteiger partial charge in [-0.3, -0.25) is 4.79 Å². The molecule has 5 unspecified atom stereocenters. The molecule has 4 heteroatoms. The molecule has 0 heterocycles. The van der Waals surface area contributed by atoms with Crippen molar-refractivity contribution >= 4 is 28.6 Å². The summed E-state index contributed by atoms with van der Waals surface area (Å²) in [4.78, 5) is 11.8. The van der Waals surface area contributed by atoms with E-state index in [9.17, 15) is 4.79 Å². The molecule has 0 spiro atoms. The van der Waals surface area contributed by atoms with Crippen molar-refractivity contribution in [3.05, 3.63) is 0 Å². The second-order valence-corrected chi connectivity index (χ2v) is 7.77. The Hall–Kier alpha value is 0.160. The van der Waals surface area contributed by atoms with E-state index in [1.54, 1.807) is 0 Å². The van der Waals surface area contributed by atoms with Gasteiger partial charge < -0.3 is 9.47 Å². The Labute approximate surface area is 136 Å². The first-order valence-electron chi connectivity index (χ1n) is 8.10. The van der Waals surface area contributed by atoms with Gasteiger partial charge in [-0.15, -0.1) is 0 Å². The first-order valence-corrected chi connectivity index (χ1v) is 9.34. The van der Waals surface area contributed by atoms with E-state index in [-0.39, 0.29) is 18.0 Å². The summed E-state index contributed by atoms with van der Waals surface area (Å²) in [5.41, 5.74) is 0. The van der Waals surface area contributed by atoms with Gasteiger partial charge in [-0.05, 0) is 38.5 Å². The Bertz CT molecular complexity index is 321. The highest BCUT2D eigenvalue weighted by Crippen LogP contribution is 2.37. The molecule has 0 aliphatic heterocycles. The third-order valence-corrected chi connectivity index (χ3v) is 6.04. The standard InChI is InChI=1S/C16H27IO3/c1-3-11-6-5-7-13(8-11)20-15-10-12(9-14(15)17)16(18)19-4-2/h11-15H,3-10H2,1-2H3. The fourth-order valence-electron chi connectivity index (χ4n) is 3.52. The normalized spacial score (nSPS) is 37.9. The van der Waals surface area contributed by atoms with E-state index in [0.29, 0.717) is 16.6 Å². The van der Waals surface area contributed by atoms with Crippen LogP contribution in [0.1, 0.15) is 58.8 Å². The van der Waals surface area contributed by atoms with Gasteiger partial charge in [0.1, 0.15) is 0 Å². The van der Waals surface area contributed by atoms with Crippen LogP contribution < -0.4 is 0 Å². The van der Waals surface area contributed by atoms with Gasteiger partial charge in [0.05, 0.1) is 24.7 Å². The average molecular weight is 394 g/mol. The minimum absolute atomic E-state index is 0.0321. The number of esters is 1. The summed E-state index contributed by atoms with van der Waals surface area (Å²) in [7, 11) is 0. The first kappa shape index (κ1) is 16.5. The van der Waals surface area contributed by atoms with Crippen molar-refractivity contribution in [1.82, 2.24) is 0 Å². The smallest absolute Gasteiger partial charge is 0.309 e. The van der Waals surface area contributed by atoms with E-state index in [0.717, 1.165) is 18.8 Å². The highest BCUT2D eigenvalue weighted by Gasteiger charge is 2.39. The molecule has 2 aliphatic carbocycles. The van der Waals surface area contributed by atoms with Crippen LogP contribution in [0.25, 0.3) is 0 Å². The molecule has 2 fully saturated rings. The van der Waals surface area contributed by atoms with Gasteiger partial charge in [-0.2, -0.15) is 0 Å². The van der Waals surface area contributed by atoms with Gasteiger partial charge in [0.15, 0.2) is 0 Å². The van der Waals surface area contributed by atoms with Crippen LogP contribution in [0.3, 0.4) is 0 Å². The lowest BCUT2D eigenvalue weighted by molar-refractivity contribution is -0.148. The summed E-state index contributed by atoms with van der Waals surface area (Å²) < 4.78 is 11.9. The predicted molar refractivity (Wildman–Crippen MR) is 88.1 cm³/mol. The van der Waals surface area contributed by atoms with Crippen LogP contribution in [-0.4, -0.2) is 28.7 Å². The lowest BCUT2D eigenvalue weighted by Gasteiger charge is -2.31. The largest absolute Gasteiger partial charge is 0.466 e. The van der Waals surface area contributed by atoms with Gasteiger partial charge >= 0.3 is 5.97 Å². The van der Waals surface area contributed by atoms with Crippen LogP contribution in [0, 0.1) is 11.8 Å². The zero-order valence-corrected chi connectivity index (χ0v) is 14.8. The molecule has 5 atom stereocenters. The minimum atomic E-state index is -0.0321. The summed E-state index contributed by atoms with van der Waals surface area (Å²) in [6.45, 7) is 4.63. The zero-order valence-electron chi connectivity index (χ0n) is 12.6. The van der Waals surface area contributed by atoms with Crippen LogP contribution >= 0.6 is 22.6 Å². The molecule has 0 N–H and O–H groups in total. The molecule has 0 amide bonds. The third-order valence-electron chi connectivity index (χ3n) is 4.73. The summed E-state index contributed by atoms with van der Waals surface area (Å²) in [6, 6.07) is 0. The molecule has 0 radical (unpaired) electrons. The van der Waals surface area contributed by atoms with Crippen LogP contribution in [0.15, 0.2) is 0 Å². The van der Waals surface area contributed by atoms with Crippen molar-refractivity contribution in [1.29, 1.82) is 0 Å². The Morgan fingerprint density at radius 1 is 1.20 bits per heavy atom. The van der Waals surface area contributed by atoms with E-state index < -0.39 is 0 Å². The summed E-state index contributed by atoms with van der Waals surface area (Å²) in [5, 5.41) is 0. The maximum atomic E-state index is 11.8. The Morgan fingerprint density at radius 3 is 2.70 bits per heavy atom. The van der Waals surface area contributed by atoms with Crippen molar-refractivity contribution in [2.75, 3.05) is 6.61 Å². The number of hydrogen-bond acceptors (Lipinski definition) is 3. The molecule has 2 aliphatic rings. The summed E-state index contributed by atoms with van der Waals surface area (Å²) in [6.07, 6.45) is 8.74. The number of rotatable bonds is 5. The number of halogens is 1. The van der Waals surface area contributed by atoms with Crippen molar-refractivity contribution < 1.29 is 14.3 Å². The zero-order chi connectivity index (χ0) is 14.5. The van der Waals surface area contributed by atoms with Crippen LogP contribution in [0.5, 0.6) is 0 Å².